The van der Waals surface area contributed by atoms with Crippen LogP contribution in [0.5, 0.6) is 0 Å². The average molecular weight is 279 g/mol. The van der Waals surface area contributed by atoms with E-state index in [1.807, 2.05) is 43.3 Å². The van der Waals surface area contributed by atoms with Crippen LogP contribution in [0.4, 0.5) is 0 Å². The summed E-state index contributed by atoms with van der Waals surface area (Å²) in [7, 11) is 0. The van der Waals surface area contributed by atoms with E-state index in [0.29, 0.717) is 11.2 Å². The molecule has 0 fully saturated rings. The number of fused-ring (bicyclic) bond motifs is 1. The molecule has 0 radical (unpaired) electrons. The number of para-hydroxylation sites is 1. The molecule has 1 atom stereocenters. The highest BCUT2D eigenvalue weighted by atomic mass is 16.1. The van der Waals surface area contributed by atoms with E-state index in [9.17, 15) is 4.79 Å². The molecule has 2 aromatic carbocycles. The van der Waals surface area contributed by atoms with Crippen molar-refractivity contribution in [2.75, 3.05) is 0 Å². The second-order valence-electron chi connectivity index (χ2n) is 5.06. The minimum atomic E-state index is -0.0936. The fourth-order valence-electron chi connectivity index (χ4n) is 2.27. The zero-order valence-corrected chi connectivity index (χ0v) is 11.8. The number of H-pyrrole nitrogens is 1. The molecular weight excluding hydrogens is 262 g/mol. The Balaban J connectivity index is 1.81. The van der Waals surface area contributed by atoms with E-state index in [1.165, 1.54) is 5.56 Å². The second kappa shape index (κ2) is 5.89. The van der Waals surface area contributed by atoms with Crippen molar-refractivity contribution in [2.45, 2.75) is 19.5 Å². The van der Waals surface area contributed by atoms with Gasteiger partial charge in [-0.15, -0.1) is 0 Å². The third-order valence-electron chi connectivity index (χ3n) is 3.50. The normalized spacial score (nSPS) is 12.4. The van der Waals surface area contributed by atoms with E-state index in [4.69, 9.17) is 0 Å². The maximum Gasteiger partial charge on any atom is 0.258 e. The molecule has 3 aromatic rings. The van der Waals surface area contributed by atoms with Crippen LogP contribution in [0.2, 0.25) is 0 Å². The van der Waals surface area contributed by atoms with Crippen LogP contribution in [0.25, 0.3) is 10.9 Å². The van der Waals surface area contributed by atoms with Gasteiger partial charge in [0, 0.05) is 6.54 Å². The maximum atomic E-state index is 12.1. The van der Waals surface area contributed by atoms with Gasteiger partial charge in [-0.25, -0.2) is 4.98 Å². The lowest BCUT2D eigenvalue weighted by Crippen LogP contribution is -2.23. The summed E-state index contributed by atoms with van der Waals surface area (Å²) < 4.78 is 0. The summed E-state index contributed by atoms with van der Waals surface area (Å²) in [4.78, 5) is 19.4. The van der Waals surface area contributed by atoms with Crippen LogP contribution in [0.1, 0.15) is 24.4 Å². The van der Waals surface area contributed by atoms with Gasteiger partial charge in [0.2, 0.25) is 0 Å². The SMILES string of the molecule is CC(NCc1ccccc1)c1nc2ccccc2c(=O)[nH]1. The molecule has 4 nitrogen and oxygen atoms in total. The number of hydrogen-bond donors (Lipinski definition) is 2. The number of nitrogens with one attached hydrogen (secondary N) is 2. The molecule has 0 aliphatic rings. The number of aromatic amines is 1. The Hall–Kier alpha value is -2.46. The van der Waals surface area contributed by atoms with Crippen molar-refractivity contribution in [3.63, 3.8) is 0 Å². The molecule has 0 aliphatic carbocycles. The predicted molar refractivity (Wildman–Crippen MR) is 84.1 cm³/mol. The summed E-state index contributed by atoms with van der Waals surface area (Å²) in [5, 5.41) is 4.00. The Morgan fingerprint density at radius 2 is 1.81 bits per heavy atom. The zero-order valence-electron chi connectivity index (χ0n) is 11.8. The van der Waals surface area contributed by atoms with Crippen LogP contribution >= 0.6 is 0 Å². The maximum absolute atomic E-state index is 12.1. The van der Waals surface area contributed by atoms with E-state index in [0.717, 1.165) is 12.1 Å². The van der Waals surface area contributed by atoms with Gasteiger partial charge < -0.3 is 10.3 Å². The molecule has 1 aromatic heterocycles. The number of aromatic nitrogens is 2. The van der Waals surface area contributed by atoms with Gasteiger partial charge in [0.05, 0.1) is 16.9 Å². The molecule has 1 unspecified atom stereocenters. The molecule has 106 valence electrons. The van der Waals surface area contributed by atoms with Crippen molar-refractivity contribution in [3.05, 3.63) is 76.3 Å². The topological polar surface area (TPSA) is 57.8 Å². The monoisotopic (exact) mass is 279 g/mol. The van der Waals surface area contributed by atoms with Crippen molar-refractivity contribution < 1.29 is 0 Å². The molecular formula is C17H17N3O. The second-order valence-corrected chi connectivity index (χ2v) is 5.06. The van der Waals surface area contributed by atoms with Gasteiger partial charge in [0.15, 0.2) is 0 Å². The Morgan fingerprint density at radius 3 is 2.62 bits per heavy atom. The van der Waals surface area contributed by atoms with Gasteiger partial charge in [-0.1, -0.05) is 42.5 Å². The van der Waals surface area contributed by atoms with E-state index in [2.05, 4.69) is 27.4 Å². The molecule has 4 heteroatoms. The molecule has 0 saturated heterocycles. The Morgan fingerprint density at radius 1 is 1.10 bits per heavy atom. The van der Waals surface area contributed by atoms with Crippen LogP contribution in [0, 0.1) is 0 Å². The molecule has 0 saturated carbocycles. The third-order valence-corrected chi connectivity index (χ3v) is 3.50. The molecule has 3 rings (SSSR count). The highest BCUT2D eigenvalue weighted by Crippen LogP contribution is 2.11. The number of rotatable bonds is 4. The number of benzene rings is 2. The predicted octanol–water partition coefficient (Wildman–Crippen LogP) is 2.77. The average Bonchev–Trinajstić information content (AvgIpc) is 2.53. The highest BCUT2D eigenvalue weighted by Gasteiger charge is 2.10. The van der Waals surface area contributed by atoms with E-state index < -0.39 is 0 Å². The molecule has 0 amide bonds. The minimum absolute atomic E-state index is 0.0255. The van der Waals surface area contributed by atoms with Crippen LogP contribution in [0.15, 0.2) is 59.4 Å². The first-order valence-corrected chi connectivity index (χ1v) is 7.00. The standard InChI is InChI=1S/C17H17N3O/c1-12(18-11-13-7-3-2-4-8-13)16-19-15-10-6-5-9-14(15)17(21)20-16/h2-10,12,18H,11H2,1H3,(H,19,20,21). The van der Waals surface area contributed by atoms with Crippen LogP contribution < -0.4 is 10.9 Å². The van der Waals surface area contributed by atoms with Crippen molar-refractivity contribution in [2.24, 2.45) is 0 Å². The van der Waals surface area contributed by atoms with Gasteiger partial charge in [0.25, 0.3) is 5.56 Å². The van der Waals surface area contributed by atoms with Gasteiger partial charge >= 0.3 is 0 Å². The first-order valence-electron chi connectivity index (χ1n) is 7.00. The molecule has 2 N–H and O–H groups in total. The summed E-state index contributed by atoms with van der Waals surface area (Å²) in [5.74, 6) is 0.662. The summed E-state index contributed by atoms with van der Waals surface area (Å²) in [6.45, 7) is 2.73. The van der Waals surface area contributed by atoms with Crippen molar-refractivity contribution in [1.82, 2.24) is 15.3 Å². The molecule has 1 heterocycles. The first-order chi connectivity index (χ1) is 10.2. The summed E-state index contributed by atoms with van der Waals surface area (Å²) in [5.41, 5.74) is 1.83. The molecule has 21 heavy (non-hydrogen) atoms. The largest absolute Gasteiger partial charge is 0.309 e. The van der Waals surface area contributed by atoms with E-state index in [-0.39, 0.29) is 11.6 Å². The Bertz CT molecular complexity index is 796. The lowest BCUT2D eigenvalue weighted by Gasteiger charge is -2.13. The van der Waals surface area contributed by atoms with Crippen LogP contribution in [-0.4, -0.2) is 9.97 Å². The zero-order chi connectivity index (χ0) is 14.7. The summed E-state index contributed by atoms with van der Waals surface area (Å²) >= 11 is 0. The lowest BCUT2D eigenvalue weighted by atomic mass is 10.2. The van der Waals surface area contributed by atoms with Gasteiger partial charge in [0.1, 0.15) is 5.82 Å². The number of hydrogen-bond acceptors (Lipinski definition) is 3. The minimum Gasteiger partial charge on any atom is -0.309 e. The van der Waals surface area contributed by atoms with Gasteiger partial charge in [-0.05, 0) is 24.6 Å². The third kappa shape index (κ3) is 3.01. The van der Waals surface area contributed by atoms with E-state index in [1.54, 1.807) is 6.07 Å². The Labute approximate surface area is 122 Å². The van der Waals surface area contributed by atoms with Crippen molar-refractivity contribution in [3.8, 4) is 0 Å². The summed E-state index contributed by atoms with van der Waals surface area (Å²) in [6.07, 6.45) is 0. The first kappa shape index (κ1) is 13.5. The van der Waals surface area contributed by atoms with Gasteiger partial charge in [-0.3, -0.25) is 4.79 Å². The van der Waals surface area contributed by atoms with Crippen LogP contribution in [0.3, 0.4) is 0 Å². The molecule has 0 bridgehead atoms. The van der Waals surface area contributed by atoms with Gasteiger partial charge in [-0.2, -0.15) is 0 Å². The summed E-state index contributed by atoms with van der Waals surface area (Å²) in [6, 6.07) is 17.5. The van der Waals surface area contributed by atoms with E-state index >= 15 is 0 Å². The fraction of sp³-hybridized carbons (Fsp3) is 0.176. The quantitative estimate of drug-likeness (QED) is 0.772. The lowest BCUT2D eigenvalue weighted by molar-refractivity contribution is 0.546. The number of nitrogens with zero attached hydrogens (tertiary/aromatic N) is 1. The highest BCUT2D eigenvalue weighted by molar-refractivity contribution is 5.77. The molecule has 0 spiro atoms. The smallest absolute Gasteiger partial charge is 0.258 e. The van der Waals surface area contributed by atoms with Crippen LogP contribution in [-0.2, 0) is 6.54 Å². The fourth-order valence-corrected chi connectivity index (χ4v) is 2.27. The van der Waals surface area contributed by atoms with Crippen molar-refractivity contribution in [1.29, 1.82) is 0 Å². The Kier molecular flexibility index (Phi) is 3.79. The van der Waals surface area contributed by atoms with Crippen molar-refractivity contribution >= 4 is 10.9 Å². The molecule has 0 aliphatic heterocycles.